The van der Waals surface area contributed by atoms with Crippen molar-refractivity contribution in [1.82, 2.24) is 5.32 Å². The summed E-state index contributed by atoms with van der Waals surface area (Å²) in [5, 5.41) is 4.05. The Morgan fingerprint density at radius 1 is 1.03 bits per heavy atom. The second-order valence-electron chi connectivity index (χ2n) is 8.47. The van der Waals surface area contributed by atoms with Gasteiger partial charge < -0.3 is 24.3 Å². The van der Waals surface area contributed by atoms with E-state index in [2.05, 4.69) is 23.5 Å². The first kappa shape index (κ1) is 26.5. The number of benzene rings is 2. The molecular weight excluding hydrogens is 473 g/mol. The van der Waals surface area contributed by atoms with E-state index in [-0.39, 0.29) is 6.16 Å². The van der Waals surface area contributed by atoms with Crippen LogP contribution in [0.1, 0.15) is 42.4 Å². The van der Waals surface area contributed by atoms with Gasteiger partial charge in [0.15, 0.2) is 0 Å². The first-order valence-electron chi connectivity index (χ1n) is 11.6. The molecule has 34 heavy (non-hydrogen) atoms. The Balaban J connectivity index is 1.47. The van der Waals surface area contributed by atoms with Crippen molar-refractivity contribution in [1.29, 1.82) is 0 Å². The Hall–Kier alpha value is -2.08. The molecule has 8 heteroatoms. The molecule has 3 aromatic rings. The maximum atomic E-state index is 10.9. The molecule has 0 atom stereocenters. The number of hydrogen-bond donors (Lipinski definition) is 3. The monoisotopic (exact) mass is 505 g/mol. The van der Waals surface area contributed by atoms with E-state index in [1.54, 1.807) is 6.26 Å². The highest BCUT2D eigenvalue weighted by molar-refractivity contribution is 7.51. The molecule has 3 N–H and O–H groups in total. The molecule has 0 bridgehead atoms. The first-order valence-corrected chi connectivity index (χ1v) is 13.8. The van der Waals surface area contributed by atoms with Crippen LogP contribution in [0.5, 0.6) is 5.75 Å². The van der Waals surface area contributed by atoms with E-state index in [1.807, 2.05) is 37.3 Å². The zero-order valence-electron chi connectivity index (χ0n) is 19.5. The topological polar surface area (TPSA) is 91.9 Å². The summed E-state index contributed by atoms with van der Waals surface area (Å²) in [7, 11) is -3.94. The van der Waals surface area contributed by atoms with Crippen molar-refractivity contribution in [3.05, 3.63) is 76.5 Å². The molecule has 0 spiro atoms. The molecule has 0 aliphatic rings. The predicted octanol–water partition coefficient (Wildman–Crippen LogP) is 6.36. The largest absolute Gasteiger partial charge is 0.493 e. The van der Waals surface area contributed by atoms with Gasteiger partial charge in [-0.1, -0.05) is 29.8 Å². The summed E-state index contributed by atoms with van der Waals surface area (Å²) in [6, 6.07) is 16.0. The molecule has 0 aliphatic heterocycles. The van der Waals surface area contributed by atoms with Gasteiger partial charge in [0.25, 0.3) is 0 Å². The Morgan fingerprint density at radius 2 is 1.85 bits per heavy atom. The van der Waals surface area contributed by atoms with Gasteiger partial charge in [-0.2, -0.15) is 0 Å². The summed E-state index contributed by atoms with van der Waals surface area (Å²) >= 11 is 6.21. The van der Waals surface area contributed by atoms with Crippen LogP contribution < -0.4 is 10.1 Å². The summed E-state index contributed by atoms with van der Waals surface area (Å²) < 4.78 is 22.7. The number of furan rings is 1. The molecule has 0 radical (unpaired) electrons. The number of unbranched alkanes of at least 4 members (excludes halogenated alkanes) is 2. The molecule has 1 heterocycles. The van der Waals surface area contributed by atoms with Crippen molar-refractivity contribution in [2.45, 2.75) is 45.6 Å². The maximum Gasteiger partial charge on any atom is 0.325 e. The van der Waals surface area contributed by atoms with E-state index in [1.165, 1.54) is 5.56 Å². The fraction of sp³-hybridized carbons (Fsp3) is 0.385. The van der Waals surface area contributed by atoms with E-state index >= 15 is 0 Å². The number of nitrogens with one attached hydrogen (secondary N) is 1. The van der Waals surface area contributed by atoms with Gasteiger partial charge in [-0.05, 0) is 92.6 Å². The lowest BCUT2D eigenvalue weighted by Gasteiger charge is -2.13. The van der Waals surface area contributed by atoms with Crippen molar-refractivity contribution in [3.63, 3.8) is 0 Å². The molecular formula is C26H33ClNO5P. The van der Waals surface area contributed by atoms with Gasteiger partial charge in [0, 0.05) is 11.6 Å². The fourth-order valence-corrected chi connectivity index (χ4v) is 4.44. The van der Waals surface area contributed by atoms with Crippen LogP contribution in [-0.2, 0) is 17.5 Å². The molecule has 0 saturated carbocycles. The molecule has 3 rings (SSSR count). The average Bonchev–Trinajstić information content (AvgIpc) is 3.33. The normalized spacial score (nSPS) is 11.6. The quantitative estimate of drug-likeness (QED) is 0.174. The van der Waals surface area contributed by atoms with Crippen LogP contribution in [0.3, 0.4) is 0 Å². The van der Waals surface area contributed by atoms with Crippen LogP contribution in [0.4, 0.5) is 0 Å². The van der Waals surface area contributed by atoms with Crippen LogP contribution in [0.2, 0.25) is 5.02 Å². The Labute approximate surface area is 206 Å². The third kappa shape index (κ3) is 8.94. The second-order valence-corrected chi connectivity index (χ2v) is 10.7. The van der Waals surface area contributed by atoms with E-state index in [9.17, 15) is 4.57 Å². The Bertz CT molecular complexity index is 1080. The standard InChI is InChI=1S/C26H33ClNO5P/c1-20-9-10-21(18-24(20)27)7-3-2-4-14-32-26-12-11-22(17-23(26)25-8-5-15-33-25)19-28-13-6-16-34(29,30)31/h5,8-12,15,17-18,28H,2-4,6-7,13-14,16,19H2,1H3,(H2,29,30,31). The molecule has 2 aromatic carbocycles. The molecule has 0 amide bonds. The highest BCUT2D eigenvalue weighted by Gasteiger charge is 2.12. The second kappa shape index (κ2) is 13.1. The summed E-state index contributed by atoms with van der Waals surface area (Å²) in [6.07, 6.45) is 6.08. The van der Waals surface area contributed by atoms with Gasteiger partial charge >= 0.3 is 7.60 Å². The Morgan fingerprint density at radius 3 is 2.59 bits per heavy atom. The van der Waals surface area contributed by atoms with Gasteiger partial charge in [0.2, 0.25) is 0 Å². The van der Waals surface area contributed by atoms with E-state index < -0.39 is 7.60 Å². The van der Waals surface area contributed by atoms with Gasteiger partial charge in [0.1, 0.15) is 11.5 Å². The number of hydrogen-bond acceptors (Lipinski definition) is 4. The van der Waals surface area contributed by atoms with Crippen LogP contribution in [0.25, 0.3) is 11.3 Å². The number of rotatable bonds is 14. The zero-order chi connectivity index (χ0) is 24.4. The van der Waals surface area contributed by atoms with E-state index in [0.29, 0.717) is 26.1 Å². The molecule has 0 saturated heterocycles. The van der Waals surface area contributed by atoms with Gasteiger partial charge in [-0.15, -0.1) is 0 Å². The predicted molar refractivity (Wildman–Crippen MR) is 137 cm³/mol. The molecule has 0 unspecified atom stereocenters. The van der Waals surface area contributed by atoms with Crippen molar-refractivity contribution in [3.8, 4) is 17.1 Å². The summed E-state index contributed by atoms with van der Waals surface area (Å²) in [5.74, 6) is 1.53. The summed E-state index contributed by atoms with van der Waals surface area (Å²) in [4.78, 5) is 17.9. The van der Waals surface area contributed by atoms with Gasteiger partial charge in [0.05, 0.1) is 24.6 Å². The summed E-state index contributed by atoms with van der Waals surface area (Å²) in [5.41, 5.74) is 4.32. The fourth-order valence-electron chi connectivity index (χ4n) is 3.66. The highest BCUT2D eigenvalue weighted by atomic mass is 35.5. The van der Waals surface area contributed by atoms with Crippen LogP contribution in [0, 0.1) is 6.92 Å². The lowest BCUT2D eigenvalue weighted by Crippen LogP contribution is -2.16. The summed E-state index contributed by atoms with van der Waals surface area (Å²) in [6.45, 7) is 3.77. The van der Waals surface area contributed by atoms with Crippen molar-refractivity contribution in [2.75, 3.05) is 19.3 Å². The van der Waals surface area contributed by atoms with E-state index in [0.717, 1.165) is 58.9 Å². The lowest BCUT2D eigenvalue weighted by atomic mass is 10.1. The minimum Gasteiger partial charge on any atom is -0.493 e. The smallest absolute Gasteiger partial charge is 0.325 e. The molecule has 0 fully saturated rings. The van der Waals surface area contributed by atoms with Crippen molar-refractivity contribution >= 4 is 19.2 Å². The maximum absolute atomic E-state index is 10.9. The van der Waals surface area contributed by atoms with Crippen molar-refractivity contribution in [2.24, 2.45) is 0 Å². The average molecular weight is 506 g/mol. The van der Waals surface area contributed by atoms with Gasteiger partial charge in [-0.25, -0.2) is 0 Å². The third-order valence-electron chi connectivity index (χ3n) is 5.57. The number of halogens is 1. The number of aryl methyl sites for hydroxylation is 2. The van der Waals surface area contributed by atoms with Crippen LogP contribution >= 0.6 is 19.2 Å². The van der Waals surface area contributed by atoms with Crippen LogP contribution in [-0.4, -0.2) is 29.1 Å². The van der Waals surface area contributed by atoms with Crippen LogP contribution in [0.15, 0.2) is 59.2 Å². The molecule has 0 aliphatic carbocycles. The third-order valence-corrected chi connectivity index (χ3v) is 6.87. The molecule has 1 aromatic heterocycles. The Kier molecular flexibility index (Phi) is 10.2. The minimum absolute atomic E-state index is 0.108. The highest BCUT2D eigenvalue weighted by Crippen LogP contribution is 2.34. The lowest BCUT2D eigenvalue weighted by molar-refractivity contribution is 0.305. The minimum atomic E-state index is -3.94. The number of ether oxygens (including phenoxy) is 1. The van der Waals surface area contributed by atoms with E-state index in [4.69, 9.17) is 30.5 Å². The zero-order valence-corrected chi connectivity index (χ0v) is 21.2. The molecule has 184 valence electrons. The van der Waals surface area contributed by atoms with Gasteiger partial charge in [-0.3, -0.25) is 4.57 Å². The molecule has 6 nitrogen and oxygen atoms in total. The first-order chi connectivity index (χ1) is 16.3. The SMILES string of the molecule is Cc1ccc(CCCCCOc2ccc(CNCCCP(=O)(O)O)cc2-c2ccco2)cc1Cl. The van der Waals surface area contributed by atoms with Crippen molar-refractivity contribution < 1.29 is 23.5 Å².